The number of methoxy groups -OCH3 is 2. The molecular weight excluding hydrogens is 460 g/mol. The van der Waals surface area contributed by atoms with E-state index in [1.807, 2.05) is 41.5 Å². The van der Waals surface area contributed by atoms with Crippen molar-refractivity contribution in [2.45, 2.75) is 46.1 Å². The van der Waals surface area contributed by atoms with Crippen molar-refractivity contribution in [2.75, 3.05) is 20.8 Å². The minimum absolute atomic E-state index is 0.136. The Morgan fingerprint density at radius 2 is 1.91 bits per heavy atom. The predicted octanol–water partition coefficient (Wildman–Crippen LogP) is 4.84. The maximum absolute atomic E-state index is 13.7. The van der Waals surface area contributed by atoms with Gasteiger partial charge in [0.1, 0.15) is 0 Å². The van der Waals surface area contributed by atoms with Crippen molar-refractivity contribution >= 4 is 22.9 Å². The van der Waals surface area contributed by atoms with Gasteiger partial charge in [-0.05, 0) is 73.9 Å². The topological polar surface area (TPSA) is 69.0 Å². The summed E-state index contributed by atoms with van der Waals surface area (Å²) in [6.45, 7) is 6.70. The van der Waals surface area contributed by atoms with E-state index < -0.39 is 0 Å². The van der Waals surface area contributed by atoms with Crippen LogP contribution in [0.15, 0.2) is 35.7 Å². The van der Waals surface area contributed by atoms with Gasteiger partial charge >= 0.3 is 0 Å². The van der Waals surface area contributed by atoms with Gasteiger partial charge in [-0.1, -0.05) is 6.07 Å². The van der Waals surface area contributed by atoms with Gasteiger partial charge in [-0.15, -0.1) is 11.3 Å². The van der Waals surface area contributed by atoms with E-state index in [9.17, 15) is 4.79 Å². The van der Waals surface area contributed by atoms with Crippen LogP contribution in [0.3, 0.4) is 0 Å². The van der Waals surface area contributed by atoms with E-state index in [1.54, 1.807) is 25.6 Å². The number of carbonyl (C=O) groups excluding carboxylic acids is 1. The Bertz CT molecular complexity index is 1390. The van der Waals surface area contributed by atoms with Crippen LogP contribution >= 0.6 is 11.3 Å². The molecule has 1 aliphatic heterocycles. The average Bonchev–Trinajstić information content (AvgIpc) is 3.51. The SMILES string of the molecule is COc1cc2c(cc1OC)C(c1cccs1)N(C(=O)CCc1c(C)nc3cc(C)nn3c1C)CC2. The minimum atomic E-state index is -0.136. The third kappa shape index (κ3) is 4.16. The average molecular weight is 491 g/mol. The van der Waals surface area contributed by atoms with E-state index in [2.05, 4.69) is 29.5 Å². The van der Waals surface area contributed by atoms with E-state index in [4.69, 9.17) is 14.5 Å². The lowest BCUT2D eigenvalue weighted by Crippen LogP contribution is -2.40. The van der Waals surface area contributed by atoms with Crippen molar-refractivity contribution in [3.8, 4) is 11.5 Å². The summed E-state index contributed by atoms with van der Waals surface area (Å²) in [7, 11) is 3.30. The lowest BCUT2D eigenvalue weighted by Gasteiger charge is -2.37. The second-order valence-corrected chi connectivity index (χ2v) is 9.96. The van der Waals surface area contributed by atoms with Crippen molar-refractivity contribution in [1.29, 1.82) is 0 Å². The number of aromatic nitrogens is 3. The number of hydrogen-bond acceptors (Lipinski definition) is 6. The first kappa shape index (κ1) is 23.4. The summed E-state index contributed by atoms with van der Waals surface area (Å²) in [5.41, 5.74) is 7.17. The number of ether oxygens (including phenoxy) is 2. The summed E-state index contributed by atoms with van der Waals surface area (Å²) in [5.74, 6) is 1.54. The first-order valence-electron chi connectivity index (χ1n) is 11.8. The highest BCUT2D eigenvalue weighted by atomic mass is 32.1. The summed E-state index contributed by atoms with van der Waals surface area (Å²) in [5, 5.41) is 6.63. The van der Waals surface area contributed by atoms with Crippen molar-refractivity contribution in [1.82, 2.24) is 19.5 Å². The number of fused-ring (bicyclic) bond motifs is 2. The van der Waals surface area contributed by atoms with Crippen LogP contribution < -0.4 is 9.47 Å². The van der Waals surface area contributed by atoms with Crippen molar-refractivity contribution in [3.63, 3.8) is 0 Å². The lowest BCUT2D eigenvalue weighted by molar-refractivity contribution is -0.133. The van der Waals surface area contributed by atoms with Crippen LogP contribution in [0, 0.1) is 20.8 Å². The van der Waals surface area contributed by atoms with Gasteiger partial charge in [0.25, 0.3) is 0 Å². The fourth-order valence-electron chi connectivity index (χ4n) is 5.15. The molecular formula is C27H30N4O3S. The molecule has 7 nitrogen and oxygen atoms in total. The molecule has 35 heavy (non-hydrogen) atoms. The Morgan fingerprint density at radius 1 is 1.14 bits per heavy atom. The molecule has 0 saturated heterocycles. The Morgan fingerprint density at radius 3 is 2.63 bits per heavy atom. The van der Waals surface area contributed by atoms with Gasteiger partial charge in [-0.25, -0.2) is 9.50 Å². The Hall–Kier alpha value is -3.39. The van der Waals surface area contributed by atoms with Gasteiger partial charge in [0, 0.05) is 35.3 Å². The molecule has 0 aliphatic carbocycles. The molecule has 0 bridgehead atoms. The van der Waals surface area contributed by atoms with Crippen LogP contribution in [0.4, 0.5) is 0 Å². The molecule has 4 heterocycles. The highest BCUT2D eigenvalue weighted by Crippen LogP contribution is 2.42. The summed E-state index contributed by atoms with van der Waals surface area (Å²) in [4.78, 5) is 21.6. The highest BCUT2D eigenvalue weighted by Gasteiger charge is 2.34. The fraction of sp³-hybridized carbons (Fsp3) is 0.370. The maximum atomic E-state index is 13.7. The van der Waals surface area contributed by atoms with Crippen LogP contribution in [0.1, 0.15) is 51.1 Å². The second-order valence-electron chi connectivity index (χ2n) is 8.98. The first-order valence-corrected chi connectivity index (χ1v) is 12.7. The lowest BCUT2D eigenvalue weighted by atomic mass is 9.90. The Labute approximate surface area is 209 Å². The van der Waals surface area contributed by atoms with Gasteiger partial charge < -0.3 is 14.4 Å². The molecule has 1 aromatic carbocycles. The molecule has 1 unspecified atom stereocenters. The van der Waals surface area contributed by atoms with E-state index >= 15 is 0 Å². The number of thiophene rings is 1. The molecule has 5 rings (SSSR count). The monoisotopic (exact) mass is 490 g/mol. The Balaban J connectivity index is 1.45. The summed E-state index contributed by atoms with van der Waals surface area (Å²) < 4.78 is 13.0. The van der Waals surface area contributed by atoms with E-state index in [0.29, 0.717) is 25.1 Å². The van der Waals surface area contributed by atoms with Crippen molar-refractivity contribution in [3.05, 3.63) is 74.4 Å². The summed E-state index contributed by atoms with van der Waals surface area (Å²) >= 11 is 1.67. The van der Waals surface area contributed by atoms with E-state index in [1.165, 1.54) is 5.56 Å². The third-order valence-corrected chi connectivity index (χ3v) is 7.81. The van der Waals surface area contributed by atoms with Crippen LogP contribution in [-0.4, -0.2) is 46.2 Å². The number of amides is 1. The third-order valence-electron chi connectivity index (χ3n) is 6.88. The minimum Gasteiger partial charge on any atom is -0.493 e. The standard InChI is InChI=1S/C27H30N4O3S/c1-16-13-25-28-17(2)20(18(3)31(25)29-16)8-9-26(32)30-11-10-19-14-22(33-4)23(34-5)15-21(19)27(30)24-7-6-12-35-24/h6-7,12-15,27H,8-11H2,1-5H3. The molecule has 0 fully saturated rings. The molecule has 0 radical (unpaired) electrons. The van der Waals surface area contributed by atoms with Gasteiger partial charge in [-0.2, -0.15) is 5.10 Å². The van der Waals surface area contributed by atoms with Crippen molar-refractivity contribution in [2.24, 2.45) is 0 Å². The smallest absolute Gasteiger partial charge is 0.223 e. The quantitative estimate of drug-likeness (QED) is 0.387. The van der Waals surface area contributed by atoms with Gasteiger partial charge in [0.05, 0.1) is 26.0 Å². The molecule has 1 atom stereocenters. The van der Waals surface area contributed by atoms with Crippen LogP contribution in [0.5, 0.6) is 11.5 Å². The number of benzene rings is 1. The van der Waals surface area contributed by atoms with E-state index in [0.717, 1.165) is 50.9 Å². The fourth-order valence-corrected chi connectivity index (χ4v) is 6.00. The largest absolute Gasteiger partial charge is 0.493 e. The first-order chi connectivity index (χ1) is 16.9. The van der Waals surface area contributed by atoms with Gasteiger partial charge in [0.15, 0.2) is 17.1 Å². The zero-order valence-electron chi connectivity index (χ0n) is 20.8. The molecule has 3 aromatic heterocycles. The zero-order valence-corrected chi connectivity index (χ0v) is 21.6. The molecule has 1 amide bonds. The van der Waals surface area contributed by atoms with Crippen LogP contribution in [0.2, 0.25) is 0 Å². The maximum Gasteiger partial charge on any atom is 0.223 e. The molecule has 1 aliphatic rings. The predicted molar refractivity (Wildman–Crippen MR) is 137 cm³/mol. The zero-order chi connectivity index (χ0) is 24.7. The normalized spacial score (nSPS) is 15.3. The molecule has 0 N–H and O–H groups in total. The second kappa shape index (κ2) is 9.34. The molecule has 0 spiro atoms. The van der Waals surface area contributed by atoms with E-state index in [-0.39, 0.29) is 11.9 Å². The highest BCUT2D eigenvalue weighted by molar-refractivity contribution is 7.10. The van der Waals surface area contributed by atoms with Crippen LogP contribution in [-0.2, 0) is 17.6 Å². The van der Waals surface area contributed by atoms with Gasteiger partial charge in [-0.3, -0.25) is 4.79 Å². The molecule has 8 heteroatoms. The summed E-state index contributed by atoms with van der Waals surface area (Å²) in [6, 6.07) is 10.1. The Kier molecular flexibility index (Phi) is 6.23. The summed E-state index contributed by atoms with van der Waals surface area (Å²) in [6.07, 6.45) is 1.83. The van der Waals surface area contributed by atoms with Crippen LogP contribution in [0.25, 0.3) is 5.65 Å². The number of carbonyl (C=O) groups is 1. The number of aryl methyl sites for hydroxylation is 3. The van der Waals surface area contributed by atoms with Gasteiger partial charge in [0.2, 0.25) is 5.91 Å². The number of rotatable bonds is 6. The molecule has 0 saturated carbocycles. The number of nitrogens with zero attached hydrogens (tertiary/aromatic N) is 4. The number of hydrogen-bond donors (Lipinski definition) is 0. The molecule has 182 valence electrons. The van der Waals surface area contributed by atoms with Crippen molar-refractivity contribution < 1.29 is 14.3 Å². The molecule has 4 aromatic rings.